The number of nitrogens with zero attached hydrogens (tertiary/aromatic N) is 4. The molecule has 0 saturated carbocycles. The van der Waals surface area contributed by atoms with E-state index in [-0.39, 0.29) is 16.6 Å². The van der Waals surface area contributed by atoms with Crippen LogP contribution in [0.2, 0.25) is 10.6 Å². The monoisotopic (exact) mass is 260 g/mol. The fourth-order valence-electron chi connectivity index (χ4n) is 1.39. The number of halogens is 2. The molecule has 1 aromatic heterocycles. The molecule has 0 amide bonds. The predicted octanol–water partition coefficient (Wildman–Crippen LogP) is 2.53. The average molecular weight is 261 g/mol. The summed E-state index contributed by atoms with van der Waals surface area (Å²) in [7, 11) is 0. The van der Waals surface area contributed by atoms with Crippen molar-refractivity contribution in [3.05, 3.63) is 10.6 Å². The minimum atomic E-state index is 0.0178. The minimum absolute atomic E-state index is 0.0178. The Kier molecular flexibility index (Phi) is 3.90. The van der Waals surface area contributed by atoms with Crippen LogP contribution < -0.4 is 4.74 Å². The second kappa shape index (κ2) is 5.41. The van der Waals surface area contributed by atoms with Gasteiger partial charge in [-0.05, 0) is 36.0 Å². The van der Waals surface area contributed by atoms with Crippen LogP contribution in [0.5, 0.6) is 6.01 Å². The lowest BCUT2D eigenvalue weighted by atomic mass is 10.2. The number of hydrogen-bond acceptors (Lipinski definition) is 5. The van der Waals surface area contributed by atoms with Gasteiger partial charge in [0.25, 0.3) is 0 Å². The van der Waals surface area contributed by atoms with E-state index >= 15 is 0 Å². The Labute approximate surface area is 103 Å². The molecule has 0 unspecified atom stereocenters. The third-order valence-corrected chi connectivity index (χ3v) is 2.44. The molecule has 0 saturated heterocycles. The maximum absolute atomic E-state index is 5.63. The van der Waals surface area contributed by atoms with Crippen molar-refractivity contribution in [1.29, 1.82) is 0 Å². The molecule has 0 spiro atoms. The number of rotatable bonds is 1. The van der Waals surface area contributed by atoms with Gasteiger partial charge in [-0.3, -0.25) is 4.99 Å². The molecule has 0 radical (unpaired) electrons. The second-order valence-electron chi connectivity index (χ2n) is 3.34. The van der Waals surface area contributed by atoms with E-state index in [4.69, 9.17) is 27.9 Å². The number of aliphatic imine (C=N–C) groups is 1. The first-order valence-electron chi connectivity index (χ1n) is 5.02. The smallest absolute Gasteiger partial charge is 0.328 e. The van der Waals surface area contributed by atoms with E-state index in [0.29, 0.717) is 5.90 Å². The lowest BCUT2D eigenvalue weighted by Gasteiger charge is -2.04. The van der Waals surface area contributed by atoms with Crippen LogP contribution in [0.1, 0.15) is 25.7 Å². The molecule has 16 heavy (non-hydrogen) atoms. The molecule has 0 atom stereocenters. The zero-order valence-corrected chi connectivity index (χ0v) is 10.0. The van der Waals surface area contributed by atoms with Gasteiger partial charge in [-0.2, -0.15) is 15.0 Å². The highest BCUT2D eigenvalue weighted by molar-refractivity contribution is 6.31. The first-order chi connectivity index (χ1) is 7.74. The average Bonchev–Trinajstić information content (AvgIpc) is 2.44. The van der Waals surface area contributed by atoms with Crippen LogP contribution in [0.4, 0.5) is 0 Å². The van der Waals surface area contributed by atoms with Crippen molar-refractivity contribution in [3.63, 3.8) is 0 Å². The van der Waals surface area contributed by atoms with Gasteiger partial charge in [0.2, 0.25) is 10.6 Å². The van der Waals surface area contributed by atoms with Crippen LogP contribution in [0.25, 0.3) is 0 Å². The fraction of sp³-hybridized carbons (Fsp3) is 0.556. The minimum Gasteiger partial charge on any atom is -0.410 e. The molecule has 86 valence electrons. The van der Waals surface area contributed by atoms with Crippen molar-refractivity contribution >= 4 is 29.1 Å². The molecule has 1 aromatic rings. The van der Waals surface area contributed by atoms with E-state index in [1.165, 1.54) is 0 Å². The molecule has 0 N–H and O–H groups in total. The summed E-state index contributed by atoms with van der Waals surface area (Å²) in [6, 6.07) is 0.102. The number of hydrogen-bond donors (Lipinski definition) is 0. The van der Waals surface area contributed by atoms with Crippen molar-refractivity contribution in [2.45, 2.75) is 25.7 Å². The Balaban J connectivity index is 2.10. The highest BCUT2D eigenvalue weighted by atomic mass is 35.5. The van der Waals surface area contributed by atoms with Gasteiger partial charge in [0.1, 0.15) is 0 Å². The lowest BCUT2D eigenvalue weighted by molar-refractivity contribution is 0.482. The summed E-state index contributed by atoms with van der Waals surface area (Å²) in [5.74, 6) is 0.635. The molecule has 1 aliphatic heterocycles. The first kappa shape index (κ1) is 11.5. The molecule has 5 nitrogen and oxygen atoms in total. The highest BCUT2D eigenvalue weighted by Gasteiger charge is 2.10. The number of ether oxygens (including phenoxy) is 1. The van der Waals surface area contributed by atoms with Crippen LogP contribution >= 0.6 is 23.2 Å². The van der Waals surface area contributed by atoms with E-state index in [0.717, 1.165) is 32.2 Å². The van der Waals surface area contributed by atoms with Gasteiger partial charge in [0.15, 0.2) is 5.90 Å². The van der Waals surface area contributed by atoms with E-state index in [1.54, 1.807) is 0 Å². The Morgan fingerprint density at radius 3 is 2.44 bits per heavy atom. The summed E-state index contributed by atoms with van der Waals surface area (Å²) in [4.78, 5) is 15.5. The Morgan fingerprint density at radius 1 is 0.938 bits per heavy atom. The summed E-state index contributed by atoms with van der Waals surface area (Å²) in [5.41, 5.74) is 0. The second-order valence-corrected chi connectivity index (χ2v) is 4.02. The standard InChI is InChI=1S/C9H10Cl2N4O/c10-7-13-8(11)15-9(14-7)16-6-4-2-1-3-5-12-6/h1-5H2. The number of aromatic nitrogens is 3. The topological polar surface area (TPSA) is 60.3 Å². The summed E-state index contributed by atoms with van der Waals surface area (Å²) >= 11 is 11.3. The zero-order chi connectivity index (χ0) is 11.4. The molecular formula is C9H10Cl2N4O. The third kappa shape index (κ3) is 3.28. The zero-order valence-electron chi connectivity index (χ0n) is 8.49. The van der Waals surface area contributed by atoms with Crippen LogP contribution in [0.3, 0.4) is 0 Å². The van der Waals surface area contributed by atoms with Crippen LogP contribution in [-0.4, -0.2) is 27.4 Å². The van der Waals surface area contributed by atoms with E-state index < -0.39 is 0 Å². The Morgan fingerprint density at radius 2 is 1.69 bits per heavy atom. The van der Waals surface area contributed by atoms with Crippen molar-refractivity contribution in [2.75, 3.05) is 6.54 Å². The summed E-state index contributed by atoms with van der Waals surface area (Å²) in [5, 5.41) is 0.0356. The lowest BCUT2D eigenvalue weighted by Crippen LogP contribution is -2.10. The summed E-state index contributed by atoms with van der Waals surface area (Å²) in [6.45, 7) is 0.780. The van der Waals surface area contributed by atoms with Crippen molar-refractivity contribution < 1.29 is 4.74 Å². The van der Waals surface area contributed by atoms with Crippen LogP contribution in [0, 0.1) is 0 Å². The quantitative estimate of drug-likeness (QED) is 0.779. The van der Waals surface area contributed by atoms with Gasteiger partial charge < -0.3 is 4.74 Å². The fourth-order valence-corrected chi connectivity index (χ4v) is 1.74. The van der Waals surface area contributed by atoms with Crippen molar-refractivity contribution in [1.82, 2.24) is 15.0 Å². The van der Waals surface area contributed by atoms with Gasteiger partial charge in [0, 0.05) is 13.0 Å². The maximum atomic E-state index is 5.63. The van der Waals surface area contributed by atoms with Gasteiger partial charge in [-0.25, -0.2) is 0 Å². The maximum Gasteiger partial charge on any atom is 0.328 e. The molecule has 0 aliphatic carbocycles. The molecule has 0 aromatic carbocycles. The van der Waals surface area contributed by atoms with Gasteiger partial charge in [-0.15, -0.1) is 0 Å². The van der Waals surface area contributed by atoms with Crippen LogP contribution in [-0.2, 0) is 0 Å². The van der Waals surface area contributed by atoms with Crippen molar-refractivity contribution in [2.24, 2.45) is 4.99 Å². The molecule has 1 aliphatic rings. The molecule has 0 bridgehead atoms. The summed E-state index contributed by atoms with van der Waals surface area (Å²) in [6.07, 6.45) is 4.10. The molecule has 2 heterocycles. The SMILES string of the molecule is Clc1nc(Cl)nc(OC2=NCCCCC2)n1. The molecule has 7 heteroatoms. The van der Waals surface area contributed by atoms with Gasteiger partial charge in [0.05, 0.1) is 0 Å². The first-order valence-corrected chi connectivity index (χ1v) is 5.78. The summed E-state index contributed by atoms with van der Waals surface area (Å²) < 4.78 is 5.42. The molecule has 0 fully saturated rings. The van der Waals surface area contributed by atoms with Gasteiger partial charge in [-0.1, -0.05) is 6.42 Å². The Bertz CT molecular complexity index is 390. The predicted molar refractivity (Wildman–Crippen MR) is 61.2 cm³/mol. The van der Waals surface area contributed by atoms with E-state index in [2.05, 4.69) is 19.9 Å². The van der Waals surface area contributed by atoms with E-state index in [9.17, 15) is 0 Å². The highest BCUT2D eigenvalue weighted by Crippen LogP contribution is 2.14. The largest absolute Gasteiger partial charge is 0.410 e. The van der Waals surface area contributed by atoms with Crippen LogP contribution in [0.15, 0.2) is 4.99 Å². The Hall–Kier alpha value is -0.940. The molecular weight excluding hydrogens is 251 g/mol. The normalized spacial score (nSPS) is 16.5. The van der Waals surface area contributed by atoms with Crippen molar-refractivity contribution in [3.8, 4) is 6.01 Å². The molecule has 2 rings (SSSR count). The third-order valence-electron chi connectivity index (χ3n) is 2.11. The van der Waals surface area contributed by atoms with Gasteiger partial charge >= 0.3 is 6.01 Å². The van der Waals surface area contributed by atoms with E-state index in [1.807, 2.05) is 0 Å².